The van der Waals surface area contributed by atoms with Gasteiger partial charge in [0.1, 0.15) is 23.3 Å². The molecule has 9 heteroatoms. The molecule has 62 heavy (non-hydrogen) atoms. The van der Waals surface area contributed by atoms with Crippen molar-refractivity contribution < 1.29 is 9.47 Å². The van der Waals surface area contributed by atoms with E-state index in [2.05, 4.69) is 100.0 Å². The van der Waals surface area contributed by atoms with Crippen LogP contribution in [0.15, 0.2) is 175 Å². The van der Waals surface area contributed by atoms with Crippen molar-refractivity contribution >= 4 is 61.3 Å². The number of nitriles is 1. The van der Waals surface area contributed by atoms with Crippen LogP contribution in [0.1, 0.15) is 12.5 Å². The molecule has 0 amide bonds. The fraction of sp³-hybridized carbons (Fsp3) is 0.0189. The van der Waals surface area contributed by atoms with Crippen LogP contribution in [0.2, 0.25) is 0 Å². The van der Waals surface area contributed by atoms with Gasteiger partial charge in [-0.2, -0.15) is 20.2 Å². The molecule has 10 aromatic rings. The number of aromatic nitrogens is 5. The number of para-hydroxylation sites is 5. The minimum atomic E-state index is -0.276. The Bertz CT molecular complexity index is 3470. The molecule has 5 heterocycles. The van der Waals surface area contributed by atoms with Gasteiger partial charge < -0.3 is 9.47 Å². The average Bonchev–Trinajstić information content (AvgIpc) is 3.85. The summed E-state index contributed by atoms with van der Waals surface area (Å²) in [7, 11) is 0. The summed E-state index contributed by atoms with van der Waals surface area (Å²) in [4.78, 5) is 15.9. The van der Waals surface area contributed by atoms with Crippen molar-refractivity contribution in [1.82, 2.24) is 24.1 Å². The van der Waals surface area contributed by atoms with E-state index in [9.17, 15) is 5.26 Å². The summed E-state index contributed by atoms with van der Waals surface area (Å²) >= 11 is 0. The molecule has 7 aromatic carbocycles. The van der Waals surface area contributed by atoms with Crippen LogP contribution in [0.4, 0.5) is 0 Å². The highest BCUT2D eigenvalue weighted by atomic mass is 16.5. The third-order valence-corrected chi connectivity index (χ3v) is 12.0. The molecule has 0 atom stereocenters. The summed E-state index contributed by atoms with van der Waals surface area (Å²) in [6, 6.07) is 53.4. The molecule has 0 saturated heterocycles. The largest absolute Gasteiger partial charge is 0.458 e. The molecular weight excluding hydrogens is 763 g/mol. The van der Waals surface area contributed by atoms with Crippen LogP contribution in [0, 0.1) is 23.7 Å². The third-order valence-electron chi connectivity index (χ3n) is 12.0. The van der Waals surface area contributed by atoms with Gasteiger partial charge in [-0.05, 0) is 71.8 Å². The monoisotopic (exact) mass is 794 g/mol. The van der Waals surface area contributed by atoms with E-state index in [0.29, 0.717) is 51.9 Å². The number of nitrogens with zero attached hydrogens (tertiary/aromatic N) is 6. The standard InChI is InChI=1S/C53H31BN6O2/c1-3-16-39-45(4-2)61-47-30-34(31-55)48(50-49(47)54(39)40-23-9-14-28-46(40)62-50)32-17-15-18-33(29-32)51-56-52(59-41-24-10-5-19-35(41)36-20-6-11-25-42(36)59)58-53(57-51)60-43-26-12-7-21-37(43)38-22-8-13-27-44(38)60/h2-3,5-30H,1H3/b16-3-. The Balaban J connectivity index is 1.12. The lowest BCUT2D eigenvalue weighted by molar-refractivity contribution is 0.438. The second kappa shape index (κ2) is 13.7. The number of terminal acetylenes is 1. The van der Waals surface area contributed by atoms with Crippen molar-refractivity contribution in [2.24, 2.45) is 0 Å². The van der Waals surface area contributed by atoms with Gasteiger partial charge in [0, 0.05) is 38.1 Å². The summed E-state index contributed by atoms with van der Waals surface area (Å²) in [5.41, 5.74) is 9.06. The molecule has 0 spiro atoms. The summed E-state index contributed by atoms with van der Waals surface area (Å²) in [6.45, 7) is 1.68. The van der Waals surface area contributed by atoms with Crippen LogP contribution in [-0.4, -0.2) is 30.8 Å². The first-order chi connectivity index (χ1) is 30.6. The van der Waals surface area contributed by atoms with E-state index in [1.54, 1.807) is 6.07 Å². The van der Waals surface area contributed by atoms with Crippen molar-refractivity contribution in [2.45, 2.75) is 6.92 Å². The molecular formula is C53H31BN6O2. The summed E-state index contributed by atoms with van der Waals surface area (Å²) in [5.74, 6) is 6.32. The Kier molecular flexibility index (Phi) is 7.80. The van der Waals surface area contributed by atoms with E-state index in [0.717, 1.165) is 71.1 Å². The summed E-state index contributed by atoms with van der Waals surface area (Å²) in [5, 5.41) is 15.2. The van der Waals surface area contributed by atoms with Crippen LogP contribution >= 0.6 is 0 Å². The van der Waals surface area contributed by atoms with Gasteiger partial charge in [0.2, 0.25) is 11.9 Å². The van der Waals surface area contributed by atoms with Crippen molar-refractivity contribution in [1.29, 1.82) is 5.26 Å². The Morgan fingerprint density at radius 3 is 1.73 bits per heavy atom. The lowest BCUT2D eigenvalue weighted by Crippen LogP contribution is -2.51. The zero-order valence-corrected chi connectivity index (χ0v) is 33.2. The van der Waals surface area contributed by atoms with E-state index in [4.69, 9.17) is 30.8 Å². The maximum Gasteiger partial charge on any atom is 0.261 e. The van der Waals surface area contributed by atoms with Crippen LogP contribution < -0.4 is 20.4 Å². The number of fused-ring (bicyclic) bond motifs is 8. The van der Waals surface area contributed by atoms with Crippen molar-refractivity contribution in [3.05, 3.63) is 181 Å². The quantitative estimate of drug-likeness (QED) is 0.127. The molecule has 0 aliphatic carbocycles. The first-order valence-electron chi connectivity index (χ1n) is 20.4. The highest BCUT2D eigenvalue weighted by molar-refractivity contribution is 6.94. The lowest BCUT2D eigenvalue weighted by Gasteiger charge is -2.34. The minimum Gasteiger partial charge on any atom is -0.458 e. The Hall–Kier alpha value is -8.66. The maximum atomic E-state index is 10.8. The van der Waals surface area contributed by atoms with Crippen LogP contribution in [0.25, 0.3) is 78.0 Å². The number of benzene rings is 7. The Morgan fingerprint density at radius 1 is 0.613 bits per heavy atom. The van der Waals surface area contributed by atoms with E-state index in [-0.39, 0.29) is 6.71 Å². The van der Waals surface area contributed by atoms with E-state index < -0.39 is 0 Å². The second-order valence-corrected chi connectivity index (χ2v) is 15.3. The normalized spacial score (nSPS) is 13.0. The number of ether oxygens (including phenoxy) is 2. The van der Waals surface area contributed by atoms with Gasteiger partial charge in [-0.15, -0.1) is 6.42 Å². The van der Waals surface area contributed by atoms with E-state index in [1.165, 1.54) is 0 Å². The molecule has 0 bridgehead atoms. The van der Waals surface area contributed by atoms with Gasteiger partial charge in [0.15, 0.2) is 11.6 Å². The molecule has 0 saturated carbocycles. The van der Waals surface area contributed by atoms with Gasteiger partial charge in [-0.1, -0.05) is 121 Å². The smallest absolute Gasteiger partial charge is 0.261 e. The first-order valence-corrected chi connectivity index (χ1v) is 20.4. The van der Waals surface area contributed by atoms with Gasteiger partial charge in [0.05, 0.1) is 27.6 Å². The fourth-order valence-electron chi connectivity index (χ4n) is 9.43. The SMILES string of the molecule is C#CC1=C(/C=C\C)B2c3ccccc3Oc3c2c(cc(C#N)c3-c2cccc(-c3nc(-n4c5ccccc5c5ccccc54)nc(-n4c5ccccc5c5ccccc54)n3)c2)O1. The third kappa shape index (κ3) is 5.13. The minimum absolute atomic E-state index is 0.276. The number of rotatable bonds is 5. The molecule has 0 N–H and O–H groups in total. The second-order valence-electron chi connectivity index (χ2n) is 15.3. The molecule has 0 unspecified atom stereocenters. The molecule has 12 rings (SSSR count). The molecule has 2 aliphatic rings. The zero-order chi connectivity index (χ0) is 41.5. The molecule has 0 fully saturated rings. The lowest BCUT2D eigenvalue weighted by atomic mass is 9.34. The number of allylic oxidation sites excluding steroid dienone is 4. The van der Waals surface area contributed by atoms with Crippen LogP contribution in [0.3, 0.4) is 0 Å². The van der Waals surface area contributed by atoms with Crippen LogP contribution in [0.5, 0.6) is 17.2 Å². The van der Waals surface area contributed by atoms with Gasteiger partial charge in [0.25, 0.3) is 6.71 Å². The van der Waals surface area contributed by atoms with Crippen LogP contribution in [-0.2, 0) is 0 Å². The molecule has 8 nitrogen and oxygen atoms in total. The Morgan fingerprint density at radius 2 is 1.16 bits per heavy atom. The highest BCUT2D eigenvalue weighted by Gasteiger charge is 2.42. The topological polar surface area (TPSA) is 90.8 Å². The van der Waals surface area contributed by atoms with Gasteiger partial charge in [-0.3, -0.25) is 9.13 Å². The Labute approximate surface area is 356 Å². The summed E-state index contributed by atoms with van der Waals surface area (Å²) in [6.07, 6.45) is 10.0. The number of hydrogen-bond acceptors (Lipinski definition) is 6. The van der Waals surface area contributed by atoms with Crippen molar-refractivity contribution in [2.75, 3.05) is 0 Å². The molecule has 0 radical (unpaired) electrons. The van der Waals surface area contributed by atoms with E-state index >= 15 is 0 Å². The fourth-order valence-corrected chi connectivity index (χ4v) is 9.43. The van der Waals surface area contributed by atoms with Crippen molar-refractivity contribution in [3.63, 3.8) is 0 Å². The zero-order valence-electron chi connectivity index (χ0n) is 33.2. The highest BCUT2D eigenvalue weighted by Crippen LogP contribution is 2.44. The maximum absolute atomic E-state index is 10.8. The summed E-state index contributed by atoms with van der Waals surface area (Å²) < 4.78 is 17.4. The molecule has 288 valence electrons. The predicted octanol–water partition coefficient (Wildman–Crippen LogP) is 10.4. The first kappa shape index (κ1) is 35.3. The van der Waals surface area contributed by atoms with Crippen molar-refractivity contribution in [3.8, 4) is 70.1 Å². The van der Waals surface area contributed by atoms with Gasteiger partial charge in [-0.25, -0.2) is 0 Å². The molecule has 2 aliphatic heterocycles. The van der Waals surface area contributed by atoms with E-state index in [1.807, 2.05) is 85.8 Å². The average molecular weight is 795 g/mol. The predicted molar refractivity (Wildman–Crippen MR) is 247 cm³/mol. The number of hydrogen-bond donors (Lipinski definition) is 0. The van der Waals surface area contributed by atoms with Gasteiger partial charge >= 0.3 is 0 Å². The molecule has 3 aromatic heterocycles.